The minimum atomic E-state index is -0.202. The lowest BCUT2D eigenvalue weighted by atomic mass is 9.83. The van der Waals surface area contributed by atoms with Gasteiger partial charge in [-0.05, 0) is 49.7 Å². The maximum atomic E-state index is 13.0. The zero-order valence-electron chi connectivity index (χ0n) is 19.7. The van der Waals surface area contributed by atoms with Gasteiger partial charge in [0.25, 0.3) is 5.91 Å². The third kappa shape index (κ3) is 4.61. The van der Waals surface area contributed by atoms with E-state index in [4.69, 9.17) is 16.3 Å². The Morgan fingerprint density at radius 1 is 1.19 bits per heavy atom. The molecule has 1 aliphatic heterocycles. The van der Waals surface area contributed by atoms with Crippen LogP contribution in [0, 0.1) is 17.8 Å². The number of nitrogens with zero attached hydrogens (tertiary/aromatic N) is 3. The van der Waals surface area contributed by atoms with Gasteiger partial charge in [-0.25, -0.2) is 0 Å². The van der Waals surface area contributed by atoms with Crippen molar-refractivity contribution in [1.29, 1.82) is 0 Å². The number of aryl methyl sites for hydroxylation is 1. The number of hydrogen-bond acceptors (Lipinski definition) is 4. The lowest BCUT2D eigenvalue weighted by Crippen LogP contribution is -2.45. The number of methoxy groups -OCH3 is 1. The maximum absolute atomic E-state index is 13.0. The van der Waals surface area contributed by atoms with Crippen LogP contribution >= 0.6 is 11.6 Å². The Morgan fingerprint density at radius 3 is 2.53 bits per heavy atom. The first-order chi connectivity index (χ1) is 15.4. The summed E-state index contributed by atoms with van der Waals surface area (Å²) in [5.41, 5.74) is 3.01. The monoisotopic (exact) mass is 458 g/mol. The van der Waals surface area contributed by atoms with Crippen LogP contribution in [0.5, 0.6) is 5.75 Å². The van der Waals surface area contributed by atoms with Gasteiger partial charge in [-0.1, -0.05) is 38.3 Å². The number of hydrogen-bond donors (Lipinski definition) is 1. The van der Waals surface area contributed by atoms with Gasteiger partial charge < -0.3 is 15.0 Å². The number of amides is 1. The second kappa shape index (κ2) is 9.74. The molecule has 1 N–H and O–H groups in total. The minimum absolute atomic E-state index is 0.202. The fourth-order valence-electron chi connectivity index (χ4n) is 4.91. The third-order valence-corrected chi connectivity index (χ3v) is 7.32. The maximum Gasteiger partial charge on any atom is 0.273 e. The quantitative estimate of drug-likeness (QED) is 0.616. The fourth-order valence-corrected chi connectivity index (χ4v) is 5.23. The molecule has 2 fully saturated rings. The van der Waals surface area contributed by atoms with Crippen molar-refractivity contribution in [1.82, 2.24) is 15.1 Å². The molecule has 0 bridgehead atoms. The van der Waals surface area contributed by atoms with E-state index in [9.17, 15) is 4.79 Å². The number of carbonyl (C=O) groups is 1. The normalized spacial score (nSPS) is 21.3. The molecule has 2 aromatic rings. The summed E-state index contributed by atoms with van der Waals surface area (Å²) in [6.45, 7) is 9.96. The van der Waals surface area contributed by atoms with Crippen LogP contribution in [-0.2, 0) is 6.54 Å². The van der Waals surface area contributed by atoms with Crippen molar-refractivity contribution in [2.24, 2.45) is 17.8 Å². The van der Waals surface area contributed by atoms with E-state index in [0.29, 0.717) is 24.0 Å². The van der Waals surface area contributed by atoms with Crippen LogP contribution < -0.4 is 15.0 Å². The summed E-state index contributed by atoms with van der Waals surface area (Å²) in [5, 5.41) is 8.01. The third-order valence-electron chi connectivity index (χ3n) is 6.97. The number of nitrogens with one attached hydrogen (secondary N) is 1. The van der Waals surface area contributed by atoms with Crippen molar-refractivity contribution < 1.29 is 9.53 Å². The van der Waals surface area contributed by atoms with E-state index >= 15 is 0 Å². The van der Waals surface area contributed by atoms with Gasteiger partial charge in [0, 0.05) is 43.5 Å². The van der Waals surface area contributed by atoms with E-state index in [1.165, 1.54) is 25.7 Å². The molecular formula is C25H35ClN4O2. The number of rotatable bonds is 7. The zero-order valence-corrected chi connectivity index (χ0v) is 20.4. The average Bonchev–Trinajstić information content (AvgIpc) is 3.12. The van der Waals surface area contributed by atoms with Crippen LogP contribution in [0.2, 0.25) is 5.02 Å². The van der Waals surface area contributed by atoms with Gasteiger partial charge in [0.2, 0.25) is 0 Å². The smallest absolute Gasteiger partial charge is 0.273 e. The SMILES string of the molecule is CCn1nc(C(=O)NCC2CCC(C)CC2)c(Cl)c1-c1ccc(N2CC(C)C2)cc1OC. The topological polar surface area (TPSA) is 59.4 Å². The summed E-state index contributed by atoms with van der Waals surface area (Å²) in [7, 11) is 1.67. The molecule has 6 nitrogen and oxygen atoms in total. The minimum Gasteiger partial charge on any atom is -0.496 e. The molecule has 2 heterocycles. The largest absolute Gasteiger partial charge is 0.496 e. The summed E-state index contributed by atoms with van der Waals surface area (Å²) in [5.74, 6) is 2.59. The highest BCUT2D eigenvalue weighted by Crippen LogP contribution is 2.40. The fraction of sp³-hybridized carbons (Fsp3) is 0.600. The Morgan fingerprint density at radius 2 is 1.91 bits per heavy atom. The van der Waals surface area contributed by atoms with E-state index < -0.39 is 0 Å². The molecule has 1 amide bonds. The first kappa shape index (κ1) is 23.0. The first-order valence-corrected chi connectivity index (χ1v) is 12.3. The van der Waals surface area contributed by atoms with Crippen molar-refractivity contribution in [3.05, 3.63) is 28.9 Å². The number of aromatic nitrogens is 2. The molecule has 0 atom stereocenters. The zero-order chi connectivity index (χ0) is 22.8. The second-order valence-corrected chi connectivity index (χ2v) is 9.94. The van der Waals surface area contributed by atoms with Gasteiger partial charge in [-0.15, -0.1) is 0 Å². The molecule has 0 spiro atoms. The van der Waals surface area contributed by atoms with Crippen LogP contribution in [0.15, 0.2) is 18.2 Å². The molecule has 32 heavy (non-hydrogen) atoms. The van der Waals surface area contributed by atoms with Crippen LogP contribution in [0.1, 0.15) is 56.9 Å². The van der Waals surface area contributed by atoms with E-state index in [2.05, 4.69) is 35.2 Å². The van der Waals surface area contributed by atoms with Gasteiger partial charge in [0.1, 0.15) is 5.75 Å². The molecule has 174 valence electrons. The predicted molar refractivity (Wildman–Crippen MR) is 130 cm³/mol. The van der Waals surface area contributed by atoms with Gasteiger partial charge >= 0.3 is 0 Å². The van der Waals surface area contributed by atoms with Crippen molar-refractivity contribution in [3.8, 4) is 17.0 Å². The molecule has 4 rings (SSSR count). The molecule has 1 aromatic carbocycles. The highest BCUT2D eigenvalue weighted by molar-refractivity contribution is 6.36. The van der Waals surface area contributed by atoms with E-state index in [0.717, 1.165) is 47.6 Å². The number of benzene rings is 1. The first-order valence-electron chi connectivity index (χ1n) is 11.9. The molecule has 1 aliphatic carbocycles. The van der Waals surface area contributed by atoms with Crippen molar-refractivity contribution in [2.45, 2.75) is 53.0 Å². The number of anilines is 1. The van der Waals surface area contributed by atoms with Gasteiger partial charge in [-0.2, -0.15) is 5.10 Å². The van der Waals surface area contributed by atoms with Crippen molar-refractivity contribution in [3.63, 3.8) is 0 Å². The Hall–Kier alpha value is -2.21. The van der Waals surface area contributed by atoms with E-state index in [1.807, 2.05) is 19.1 Å². The summed E-state index contributed by atoms with van der Waals surface area (Å²) in [6.07, 6.45) is 4.82. The molecule has 1 saturated carbocycles. The molecule has 7 heteroatoms. The molecule has 1 aromatic heterocycles. The Labute approximate surface area is 196 Å². The number of carbonyl (C=O) groups excluding carboxylic acids is 1. The number of halogens is 1. The van der Waals surface area contributed by atoms with Crippen LogP contribution in [-0.4, -0.2) is 42.4 Å². The Kier molecular flexibility index (Phi) is 6.99. The van der Waals surface area contributed by atoms with Crippen LogP contribution in [0.4, 0.5) is 5.69 Å². The highest BCUT2D eigenvalue weighted by atomic mass is 35.5. The highest BCUT2D eigenvalue weighted by Gasteiger charge is 2.27. The standard InChI is InChI=1S/C25H35ClN4O2/c1-5-30-24(20-11-10-19(12-21(20)32-4)29-14-17(3)15-29)22(26)23(28-30)25(31)27-13-18-8-6-16(2)7-9-18/h10-12,16-18H,5-9,13-15H2,1-4H3,(H,27,31). The van der Waals surface area contributed by atoms with Crippen molar-refractivity contribution >= 4 is 23.2 Å². The number of ether oxygens (including phenoxy) is 1. The molecule has 1 saturated heterocycles. The molecule has 0 radical (unpaired) electrons. The van der Waals surface area contributed by atoms with Gasteiger partial charge in [0.05, 0.1) is 17.8 Å². The van der Waals surface area contributed by atoms with E-state index in [-0.39, 0.29) is 11.6 Å². The van der Waals surface area contributed by atoms with E-state index in [1.54, 1.807) is 11.8 Å². The van der Waals surface area contributed by atoms with Gasteiger partial charge in [0.15, 0.2) is 5.69 Å². The summed E-state index contributed by atoms with van der Waals surface area (Å²) in [4.78, 5) is 15.3. The Balaban J connectivity index is 1.55. The second-order valence-electron chi connectivity index (χ2n) is 9.56. The van der Waals surface area contributed by atoms with Crippen LogP contribution in [0.25, 0.3) is 11.3 Å². The molecule has 2 aliphatic rings. The molecule has 0 unspecified atom stereocenters. The van der Waals surface area contributed by atoms with Crippen molar-refractivity contribution in [2.75, 3.05) is 31.6 Å². The lowest BCUT2D eigenvalue weighted by molar-refractivity contribution is 0.0936. The van der Waals surface area contributed by atoms with Crippen LogP contribution in [0.3, 0.4) is 0 Å². The van der Waals surface area contributed by atoms with Gasteiger partial charge in [-0.3, -0.25) is 9.48 Å². The molecular weight excluding hydrogens is 424 g/mol. The summed E-state index contributed by atoms with van der Waals surface area (Å²) >= 11 is 6.76. The average molecular weight is 459 g/mol. The Bertz CT molecular complexity index is 959. The summed E-state index contributed by atoms with van der Waals surface area (Å²) in [6, 6.07) is 6.17. The predicted octanol–water partition coefficient (Wildman–Crippen LogP) is 5.24. The lowest BCUT2D eigenvalue weighted by Gasteiger charge is -2.39. The summed E-state index contributed by atoms with van der Waals surface area (Å²) < 4.78 is 7.51.